The number of carbonyl (C=O) groups excluding carboxylic acids is 1. The normalized spacial score (nSPS) is 10.6. The van der Waals surface area contributed by atoms with Crippen LogP contribution in [0.5, 0.6) is 0 Å². The molecular formula is C20H21N3O. The minimum Gasteiger partial charge on any atom is -0.376 e. The molecule has 1 aromatic heterocycles. The molecular weight excluding hydrogens is 298 g/mol. The highest BCUT2D eigenvalue weighted by molar-refractivity contribution is 6.01. The Kier molecular flexibility index (Phi) is 4.75. The topological polar surface area (TPSA) is 54.0 Å². The zero-order valence-electron chi connectivity index (χ0n) is 14.0. The van der Waals surface area contributed by atoms with Gasteiger partial charge in [-0.05, 0) is 36.6 Å². The largest absolute Gasteiger partial charge is 0.376 e. The molecule has 1 amide bonds. The lowest BCUT2D eigenvalue weighted by Crippen LogP contribution is -2.22. The fourth-order valence-corrected chi connectivity index (χ4v) is 2.84. The number of fused-ring (bicyclic) bond motifs is 1. The Balaban J connectivity index is 1.72. The van der Waals surface area contributed by atoms with Crippen LogP contribution in [0.3, 0.4) is 0 Å². The summed E-state index contributed by atoms with van der Waals surface area (Å²) < 4.78 is 0. The molecule has 0 aliphatic rings. The summed E-state index contributed by atoms with van der Waals surface area (Å²) in [6.07, 6.45) is 2.66. The molecule has 0 saturated heterocycles. The Morgan fingerprint density at radius 3 is 2.71 bits per heavy atom. The van der Waals surface area contributed by atoms with Crippen molar-refractivity contribution in [2.45, 2.75) is 20.3 Å². The molecule has 0 unspecified atom stereocenters. The van der Waals surface area contributed by atoms with E-state index in [-0.39, 0.29) is 12.5 Å². The zero-order valence-corrected chi connectivity index (χ0v) is 14.0. The van der Waals surface area contributed by atoms with Gasteiger partial charge in [-0.1, -0.05) is 43.3 Å². The van der Waals surface area contributed by atoms with Crippen LogP contribution in [0, 0.1) is 6.92 Å². The second kappa shape index (κ2) is 7.13. The molecule has 0 atom stereocenters. The van der Waals surface area contributed by atoms with Gasteiger partial charge in [-0.25, -0.2) is 0 Å². The van der Waals surface area contributed by atoms with E-state index < -0.39 is 0 Å². The van der Waals surface area contributed by atoms with Crippen molar-refractivity contribution in [2.24, 2.45) is 0 Å². The lowest BCUT2D eigenvalue weighted by atomic mass is 10.1. The van der Waals surface area contributed by atoms with Crippen molar-refractivity contribution in [3.8, 4) is 0 Å². The van der Waals surface area contributed by atoms with Crippen LogP contribution in [0.2, 0.25) is 0 Å². The summed E-state index contributed by atoms with van der Waals surface area (Å²) in [6, 6.07) is 15.8. The molecule has 4 heteroatoms. The highest BCUT2D eigenvalue weighted by atomic mass is 16.1. The Hall–Kier alpha value is -2.88. The first-order valence-corrected chi connectivity index (χ1v) is 8.15. The van der Waals surface area contributed by atoms with Crippen LogP contribution >= 0.6 is 0 Å². The van der Waals surface area contributed by atoms with Crippen LogP contribution in [-0.2, 0) is 11.2 Å². The predicted octanol–water partition coefficient (Wildman–Crippen LogP) is 4.16. The first kappa shape index (κ1) is 16.0. The molecule has 1 heterocycles. The third-order valence-electron chi connectivity index (χ3n) is 4.07. The number of hydrogen-bond donors (Lipinski definition) is 2. The van der Waals surface area contributed by atoms with E-state index in [1.54, 1.807) is 6.20 Å². The van der Waals surface area contributed by atoms with E-state index in [2.05, 4.69) is 28.6 Å². The van der Waals surface area contributed by atoms with Crippen LogP contribution in [0.1, 0.15) is 18.1 Å². The van der Waals surface area contributed by atoms with Crippen molar-refractivity contribution in [3.05, 3.63) is 65.9 Å². The van der Waals surface area contributed by atoms with E-state index in [0.717, 1.165) is 34.3 Å². The lowest BCUT2D eigenvalue weighted by molar-refractivity contribution is -0.114. The number of nitrogens with zero attached hydrogens (tertiary/aromatic N) is 1. The minimum atomic E-state index is -0.0848. The Morgan fingerprint density at radius 2 is 1.88 bits per heavy atom. The second-order valence-electron chi connectivity index (χ2n) is 5.75. The highest BCUT2D eigenvalue weighted by Gasteiger charge is 2.09. The van der Waals surface area contributed by atoms with Gasteiger partial charge in [0.25, 0.3) is 0 Å². The maximum atomic E-state index is 12.3. The molecule has 0 aliphatic carbocycles. The molecule has 0 bridgehead atoms. The number of pyridine rings is 1. The number of amides is 1. The summed E-state index contributed by atoms with van der Waals surface area (Å²) in [5, 5.41) is 7.23. The van der Waals surface area contributed by atoms with Crippen LogP contribution < -0.4 is 10.6 Å². The number of aryl methyl sites for hydroxylation is 2. The van der Waals surface area contributed by atoms with E-state index in [9.17, 15) is 4.79 Å². The Labute approximate surface area is 141 Å². The smallest absolute Gasteiger partial charge is 0.243 e. The fourth-order valence-electron chi connectivity index (χ4n) is 2.84. The van der Waals surface area contributed by atoms with Gasteiger partial charge in [0, 0.05) is 17.3 Å². The van der Waals surface area contributed by atoms with Crippen LogP contribution in [0.4, 0.5) is 11.4 Å². The van der Waals surface area contributed by atoms with Gasteiger partial charge in [0.1, 0.15) is 0 Å². The van der Waals surface area contributed by atoms with Crippen molar-refractivity contribution in [1.82, 2.24) is 4.98 Å². The quantitative estimate of drug-likeness (QED) is 0.742. The van der Waals surface area contributed by atoms with E-state index in [1.165, 1.54) is 5.56 Å². The van der Waals surface area contributed by atoms with Crippen LogP contribution in [-0.4, -0.2) is 17.4 Å². The van der Waals surface area contributed by atoms with Gasteiger partial charge < -0.3 is 10.6 Å². The number of para-hydroxylation sites is 2. The maximum Gasteiger partial charge on any atom is 0.243 e. The number of anilines is 2. The van der Waals surface area contributed by atoms with Crippen molar-refractivity contribution >= 4 is 28.2 Å². The maximum absolute atomic E-state index is 12.3. The standard InChI is InChI=1S/C20H21N3O/c1-3-15-8-4-7-14(2)19(15)22-13-18(24)23-17-11-5-9-16-10-6-12-21-20(16)17/h4-12,22H,3,13H2,1-2H3,(H,23,24). The molecule has 0 fully saturated rings. The van der Waals surface area contributed by atoms with Gasteiger partial charge in [-0.15, -0.1) is 0 Å². The van der Waals surface area contributed by atoms with E-state index in [0.29, 0.717) is 0 Å². The van der Waals surface area contributed by atoms with Crippen molar-refractivity contribution in [1.29, 1.82) is 0 Å². The van der Waals surface area contributed by atoms with E-state index >= 15 is 0 Å². The third kappa shape index (κ3) is 3.38. The summed E-state index contributed by atoms with van der Waals surface area (Å²) >= 11 is 0. The Bertz CT molecular complexity index is 868. The van der Waals surface area contributed by atoms with Crippen LogP contribution in [0.15, 0.2) is 54.7 Å². The average molecular weight is 319 g/mol. The molecule has 3 rings (SSSR count). The second-order valence-corrected chi connectivity index (χ2v) is 5.75. The van der Waals surface area contributed by atoms with E-state index in [4.69, 9.17) is 0 Å². The summed E-state index contributed by atoms with van der Waals surface area (Å²) in [5.41, 5.74) is 4.95. The number of rotatable bonds is 5. The number of nitrogens with one attached hydrogen (secondary N) is 2. The lowest BCUT2D eigenvalue weighted by Gasteiger charge is -2.14. The average Bonchev–Trinajstić information content (AvgIpc) is 2.61. The molecule has 0 spiro atoms. The molecule has 0 saturated carbocycles. The minimum absolute atomic E-state index is 0.0848. The molecule has 24 heavy (non-hydrogen) atoms. The molecule has 3 aromatic rings. The number of benzene rings is 2. The van der Waals surface area contributed by atoms with Crippen LogP contribution in [0.25, 0.3) is 10.9 Å². The van der Waals surface area contributed by atoms with Crippen molar-refractivity contribution in [3.63, 3.8) is 0 Å². The first-order chi connectivity index (χ1) is 11.7. The van der Waals surface area contributed by atoms with Gasteiger partial charge in [0.15, 0.2) is 0 Å². The molecule has 2 N–H and O–H groups in total. The number of aromatic nitrogens is 1. The number of carbonyl (C=O) groups is 1. The van der Waals surface area contributed by atoms with Gasteiger partial charge in [0.05, 0.1) is 17.7 Å². The summed E-state index contributed by atoms with van der Waals surface area (Å²) in [7, 11) is 0. The molecule has 2 aromatic carbocycles. The number of hydrogen-bond acceptors (Lipinski definition) is 3. The highest BCUT2D eigenvalue weighted by Crippen LogP contribution is 2.22. The van der Waals surface area contributed by atoms with Gasteiger partial charge in [-0.3, -0.25) is 9.78 Å². The molecule has 0 aliphatic heterocycles. The summed E-state index contributed by atoms with van der Waals surface area (Å²) in [5.74, 6) is -0.0848. The van der Waals surface area contributed by atoms with E-state index in [1.807, 2.05) is 49.4 Å². The van der Waals surface area contributed by atoms with Gasteiger partial charge in [-0.2, -0.15) is 0 Å². The summed E-state index contributed by atoms with van der Waals surface area (Å²) in [6.45, 7) is 4.39. The zero-order chi connectivity index (χ0) is 16.9. The third-order valence-corrected chi connectivity index (χ3v) is 4.07. The van der Waals surface area contributed by atoms with Crippen molar-refractivity contribution in [2.75, 3.05) is 17.2 Å². The first-order valence-electron chi connectivity index (χ1n) is 8.15. The summed E-state index contributed by atoms with van der Waals surface area (Å²) in [4.78, 5) is 16.7. The monoisotopic (exact) mass is 319 g/mol. The molecule has 4 nitrogen and oxygen atoms in total. The predicted molar refractivity (Wildman–Crippen MR) is 99.4 cm³/mol. The Morgan fingerprint density at radius 1 is 1.08 bits per heavy atom. The van der Waals surface area contributed by atoms with Crippen molar-refractivity contribution < 1.29 is 4.79 Å². The fraction of sp³-hybridized carbons (Fsp3) is 0.200. The SMILES string of the molecule is CCc1cccc(C)c1NCC(=O)Nc1cccc2cccnc12. The molecule has 122 valence electrons. The van der Waals surface area contributed by atoms with Gasteiger partial charge >= 0.3 is 0 Å². The van der Waals surface area contributed by atoms with Gasteiger partial charge in [0.2, 0.25) is 5.91 Å². The molecule has 0 radical (unpaired) electrons.